The third-order valence-electron chi connectivity index (χ3n) is 2.59. The Hall–Kier alpha value is -0.970. The van der Waals surface area contributed by atoms with E-state index < -0.39 is 0 Å². The first kappa shape index (κ1) is 11.5. The van der Waals surface area contributed by atoms with Crippen molar-refractivity contribution in [3.8, 4) is 11.5 Å². The van der Waals surface area contributed by atoms with Gasteiger partial charge in [-0.2, -0.15) is 0 Å². The molecule has 1 saturated heterocycles. The molecule has 1 aromatic rings. The molecule has 2 N–H and O–H groups in total. The van der Waals surface area contributed by atoms with E-state index in [9.17, 15) is 5.11 Å². The molecule has 1 aliphatic rings. The van der Waals surface area contributed by atoms with Crippen molar-refractivity contribution in [3.05, 3.63) is 22.7 Å². The molecule has 1 aliphatic heterocycles. The molecular formula is C11H14ClNO3. The molecule has 1 fully saturated rings. The van der Waals surface area contributed by atoms with Gasteiger partial charge < -0.3 is 19.9 Å². The van der Waals surface area contributed by atoms with Crippen LogP contribution in [0.2, 0.25) is 5.02 Å². The normalized spacial score (nSPS) is 20.8. The summed E-state index contributed by atoms with van der Waals surface area (Å²) in [6.07, 6.45) is 0. The highest BCUT2D eigenvalue weighted by Gasteiger charge is 2.18. The van der Waals surface area contributed by atoms with Gasteiger partial charge in [0.05, 0.1) is 31.4 Å². The lowest BCUT2D eigenvalue weighted by atomic mass is 10.1. The maximum atomic E-state index is 9.61. The van der Waals surface area contributed by atoms with Gasteiger partial charge >= 0.3 is 0 Å². The van der Waals surface area contributed by atoms with Gasteiger partial charge in [0.25, 0.3) is 0 Å². The molecule has 1 heterocycles. The van der Waals surface area contributed by atoms with Crippen molar-refractivity contribution in [2.24, 2.45) is 0 Å². The van der Waals surface area contributed by atoms with Gasteiger partial charge in [-0.25, -0.2) is 0 Å². The quantitative estimate of drug-likeness (QED) is 0.831. The van der Waals surface area contributed by atoms with Crippen LogP contribution in [0.25, 0.3) is 0 Å². The third kappa shape index (κ3) is 2.24. The van der Waals surface area contributed by atoms with Gasteiger partial charge in [-0.15, -0.1) is 0 Å². The Balaban J connectivity index is 2.29. The zero-order chi connectivity index (χ0) is 11.5. The fourth-order valence-electron chi connectivity index (χ4n) is 1.73. The number of hydrogen-bond donors (Lipinski definition) is 2. The number of phenolic OH excluding ortho intramolecular Hbond substituents is 1. The number of halogens is 1. The maximum absolute atomic E-state index is 9.61. The Kier molecular flexibility index (Phi) is 3.53. The summed E-state index contributed by atoms with van der Waals surface area (Å²) in [4.78, 5) is 0. The van der Waals surface area contributed by atoms with Crippen LogP contribution in [0, 0.1) is 0 Å². The molecule has 0 saturated carbocycles. The molecule has 88 valence electrons. The smallest absolute Gasteiger partial charge is 0.176 e. The van der Waals surface area contributed by atoms with E-state index in [-0.39, 0.29) is 11.8 Å². The fourth-order valence-corrected chi connectivity index (χ4v) is 1.95. The lowest BCUT2D eigenvalue weighted by molar-refractivity contribution is 0.0768. The maximum Gasteiger partial charge on any atom is 0.176 e. The van der Waals surface area contributed by atoms with Crippen LogP contribution in [0.4, 0.5) is 0 Å². The van der Waals surface area contributed by atoms with Crippen molar-refractivity contribution in [2.45, 2.75) is 6.04 Å². The summed E-state index contributed by atoms with van der Waals surface area (Å²) in [5.41, 5.74) is 0.958. The second kappa shape index (κ2) is 4.91. The predicted molar refractivity (Wildman–Crippen MR) is 61.2 cm³/mol. The summed E-state index contributed by atoms with van der Waals surface area (Å²) in [5, 5.41) is 13.2. The summed E-state index contributed by atoms with van der Waals surface area (Å²) in [6, 6.07) is 3.60. The molecule has 5 heteroatoms. The molecule has 0 radical (unpaired) electrons. The first-order valence-corrected chi connectivity index (χ1v) is 5.47. The van der Waals surface area contributed by atoms with Crippen molar-refractivity contribution in [3.63, 3.8) is 0 Å². The summed E-state index contributed by atoms with van der Waals surface area (Å²) >= 11 is 5.92. The highest BCUT2D eigenvalue weighted by atomic mass is 35.5. The number of morpholine rings is 1. The number of aromatic hydroxyl groups is 1. The number of rotatable bonds is 2. The molecular weight excluding hydrogens is 230 g/mol. The van der Waals surface area contributed by atoms with Crippen LogP contribution in [-0.2, 0) is 4.74 Å². The van der Waals surface area contributed by atoms with E-state index >= 15 is 0 Å². The van der Waals surface area contributed by atoms with Gasteiger partial charge in [-0.1, -0.05) is 11.6 Å². The molecule has 0 bridgehead atoms. The minimum Gasteiger partial charge on any atom is -0.503 e. The number of ether oxygens (including phenoxy) is 2. The van der Waals surface area contributed by atoms with Crippen LogP contribution < -0.4 is 10.1 Å². The number of nitrogens with one attached hydrogen (secondary N) is 1. The van der Waals surface area contributed by atoms with Crippen molar-refractivity contribution in [2.75, 3.05) is 26.9 Å². The van der Waals surface area contributed by atoms with Crippen molar-refractivity contribution >= 4 is 11.6 Å². The van der Waals surface area contributed by atoms with Gasteiger partial charge in [-0.3, -0.25) is 0 Å². The molecule has 0 spiro atoms. The standard InChI is InChI=1S/C11H14ClNO3/c1-15-10-5-7(4-8(12)11(10)14)9-6-16-3-2-13-9/h4-5,9,13-14H,2-3,6H2,1H3/t9-/m0/s1. The Morgan fingerprint density at radius 1 is 1.56 bits per heavy atom. The largest absolute Gasteiger partial charge is 0.503 e. The van der Waals surface area contributed by atoms with Gasteiger partial charge in [-0.05, 0) is 17.7 Å². The lowest BCUT2D eigenvalue weighted by Gasteiger charge is -2.24. The average Bonchev–Trinajstić information content (AvgIpc) is 2.33. The SMILES string of the molecule is COc1cc([C@@H]2COCCN2)cc(Cl)c1O. The summed E-state index contributed by atoms with van der Waals surface area (Å²) in [6.45, 7) is 2.13. The molecule has 0 amide bonds. The number of methoxy groups -OCH3 is 1. The molecule has 16 heavy (non-hydrogen) atoms. The topological polar surface area (TPSA) is 50.7 Å². The van der Waals surface area contributed by atoms with Crippen molar-refractivity contribution in [1.82, 2.24) is 5.32 Å². The Labute approximate surface area is 99.1 Å². The fraction of sp³-hybridized carbons (Fsp3) is 0.455. The van der Waals surface area contributed by atoms with Gasteiger partial charge in [0.1, 0.15) is 0 Å². The van der Waals surface area contributed by atoms with Crippen LogP contribution >= 0.6 is 11.6 Å². The second-order valence-electron chi connectivity index (χ2n) is 3.64. The van der Waals surface area contributed by atoms with Crippen molar-refractivity contribution in [1.29, 1.82) is 0 Å². The Morgan fingerprint density at radius 2 is 2.38 bits per heavy atom. The monoisotopic (exact) mass is 243 g/mol. The number of hydrogen-bond acceptors (Lipinski definition) is 4. The number of benzene rings is 1. The van der Waals surface area contributed by atoms with Crippen LogP contribution in [0.3, 0.4) is 0 Å². The van der Waals surface area contributed by atoms with Crippen LogP contribution in [-0.4, -0.2) is 32.0 Å². The zero-order valence-corrected chi connectivity index (χ0v) is 9.75. The molecule has 0 aliphatic carbocycles. The molecule has 4 nitrogen and oxygen atoms in total. The van der Waals surface area contributed by atoms with E-state index in [1.54, 1.807) is 12.1 Å². The van der Waals surface area contributed by atoms with E-state index in [2.05, 4.69) is 5.32 Å². The summed E-state index contributed by atoms with van der Waals surface area (Å²) in [7, 11) is 1.50. The first-order chi connectivity index (χ1) is 7.72. The third-order valence-corrected chi connectivity index (χ3v) is 2.88. The minimum absolute atomic E-state index is 0.0235. The Bertz CT molecular complexity index is 378. The van der Waals surface area contributed by atoms with E-state index in [0.717, 1.165) is 18.7 Å². The highest BCUT2D eigenvalue weighted by Crippen LogP contribution is 2.36. The molecule has 1 aromatic carbocycles. The van der Waals surface area contributed by atoms with Gasteiger partial charge in [0.15, 0.2) is 11.5 Å². The highest BCUT2D eigenvalue weighted by molar-refractivity contribution is 6.32. The molecule has 1 atom stereocenters. The van der Waals surface area contributed by atoms with E-state index in [4.69, 9.17) is 21.1 Å². The van der Waals surface area contributed by atoms with Crippen LogP contribution in [0.1, 0.15) is 11.6 Å². The molecule has 0 aromatic heterocycles. The van der Waals surface area contributed by atoms with Gasteiger partial charge in [0.2, 0.25) is 0 Å². The first-order valence-electron chi connectivity index (χ1n) is 5.10. The predicted octanol–water partition coefficient (Wildman–Crippen LogP) is 1.72. The van der Waals surface area contributed by atoms with Crippen LogP contribution in [0.15, 0.2) is 12.1 Å². The van der Waals surface area contributed by atoms with Crippen LogP contribution in [0.5, 0.6) is 11.5 Å². The second-order valence-corrected chi connectivity index (χ2v) is 4.04. The summed E-state index contributed by atoms with van der Waals surface area (Å²) < 4.78 is 10.4. The minimum atomic E-state index is -0.0235. The Morgan fingerprint density at radius 3 is 3.00 bits per heavy atom. The molecule has 0 unspecified atom stereocenters. The zero-order valence-electron chi connectivity index (χ0n) is 9.00. The lowest BCUT2D eigenvalue weighted by Crippen LogP contribution is -2.34. The van der Waals surface area contributed by atoms with Gasteiger partial charge in [0, 0.05) is 6.54 Å². The van der Waals surface area contributed by atoms with E-state index in [1.807, 2.05) is 0 Å². The van der Waals surface area contributed by atoms with Crippen molar-refractivity contribution < 1.29 is 14.6 Å². The van der Waals surface area contributed by atoms with E-state index in [1.165, 1.54) is 7.11 Å². The summed E-state index contributed by atoms with van der Waals surface area (Å²) in [5.74, 6) is 0.361. The number of phenols is 1. The molecule has 2 rings (SSSR count). The van der Waals surface area contributed by atoms with E-state index in [0.29, 0.717) is 17.4 Å². The average molecular weight is 244 g/mol.